The first-order valence-corrected chi connectivity index (χ1v) is 12.2. The molecule has 1 amide bonds. The molecule has 3 aromatic rings. The maximum atomic E-state index is 13.3. The third-order valence-corrected chi connectivity index (χ3v) is 6.86. The second kappa shape index (κ2) is 8.54. The average Bonchev–Trinajstić information content (AvgIpc) is 2.81. The van der Waals surface area contributed by atoms with Gasteiger partial charge in [-0.3, -0.25) is 23.6 Å². The summed E-state index contributed by atoms with van der Waals surface area (Å²) in [6.45, 7) is 1.70. The molecule has 0 spiro atoms. The Kier molecular flexibility index (Phi) is 5.57. The smallest absolute Gasteiger partial charge is 0.254 e. The standard InChI is InChI=1S/C23H25N5O4S/c24-22-21-19(26-33(30,31)27-22)8-3-9-20(21)32-14-15-5-4-12-28(13-15)23(29)17-10-11-25-18-7-2-1-6-16(17)18/h1-3,6-11,15,26,30-31H,4-5,12-14H2,(H2,24,27)/t15-/m0/s1. The first-order valence-electron chi connectivity index (χ1n) is 10.7. The predicted molar refractivity (Wildman–Crippen MR) is 130 cm³/mol. The maximum Gasteiger partial charge on any atom is 0.254 e. The molecule has 2 aliphatic heterocycles. The first-order chi connectivity index (χ1) is 15.9. The molecule has 33 heavy (non-hydrogen) atoms. The zero-order valence-electron chi connectivity index (χ0n) is 17.8. The van der Waals surface area contributed by atoms with Gasteiger partial charge >= 0.3 is 0 Å². The number of hydrogen-bond donors (Lipinski definition) is 4. The van der Waals surface area contributed by atoms with Gasteiger partial charge in [-0.05, 0) is 48.1 Å². The SMILES string of the molecule is NC1=NS(O)(O)Nc2cccc(OC[C@H]3CCCN(C(=O)c4ccnc5ccccc45)C3)c21. The van der Waals surface area contributed by atoms with Crippen molar-refractivity contribution >= 4 is 39.3 Å². The molecule has 0 saturated carbocycles. The molecule has 0 unspecified atom stereocenters. The fourth-order valence-corrected chi connectivity index (χ4v) is 5.28. The van der Waals surface area contributed by atoms with E-state index in [1.807, 2.05) is 29.2 Å². The molecule has 1 atom stereocenters. The highest BCUT2D eigenvalue weighted by Crippen LogP contribution is 2.46. The minimum Gasteiger partial charge on any atom is -0.492 e. The van der Waals surface area contributed by atoms with Crippen LogP contribution in [0.4, 0.5) is 5.69 Å². The molecule has 2 aliphatic rings. The summed E-state index contributed by atoms with van der Waals surface area (Å²) in [5.41, 5.74) is 8.41. The van der Waals surface area contributed by atoms with Gasteiger partial charge in [-0.1, -0.05) is 24.3 Å². The van der Waals surface area contributed by atoms with Gasteiger partial charge in [0.15, 0.2) is 5.84 Å². The molecule has 1 fully saturated rings. The number of benzene rings is 2. The average molecular weight is 468 g/mol. The third-order valence-electron chi connectivity index (χ3n) is 5.92. The molecule has 1 saturated heterocycles. The molecule has 172 valence electrons. The van der Waals surface area contributed by atoms with Gasteiger partial charge in [-0.25, -0.2) is 0 Å². The molecule has 9 nitrogen and oxygen atoms in total. The van der Waals surface area contributed by atoms with Gasteiger partial charge in [0.1, 0.15) is 5.75 Å². The number of anilines is 1. The highest BCUT2D eigenvalue weighted by atomic mass is 32.3. The number of carbonyl (C=O) groups is 1. The number of likely N-dealkylation sites (tertiary alicyclic amines) is 1. The Morgan fingerprint density at radius 1 is 1.21 bits per heavy atom. The first kappa shape index (κ1) is 21.5. The lowest BCUT2D eigenvalue weighted by Crippen LogP contribution is -2.41. The molecular formula is C23H25N5O4S. The van der Waals surface area contributed by atoms with Crippen LogP contribution in [0, 0.1) is 5.92 Å². The van der Waals surface area contributed by atoms with Crippen molar-refractivity contribution in [3.8, 4) is 5.75 Å². The summed E-state index contributed by atoms with van der Waals surface area (Å²) in [5, 5.41) is 0.854. The van der Waals surface area contributed by atoms with Crippen molar-refractivity contribution < 1.29 is 18.6 Å². The van der Waals surface area contributed by atoms with Crippen LogP contribution in [-0.2, 0) is 0 Å². The Balaban J connectivity index is 1.30. The Morgan fingerprint density at radius 3 is 2.94 bits per heavy atom. The Morgan fingerprint density at radius 2 is 2.06 bits per heavy atom. The molecular weight excluding hydrogens is 442 g/mol. The minimum absolute atomic E-state index is 0.00109. The normalized spacial score (nSPS) is 20.4. The summed E-state index contributed by atoms with van der Waals surface area (Å²) in [6.07, 6.45) is 3.51. The van der Waals surface area contributed by atoms with Crippen molar-refractivity contribution in [2.45, 2.75) is 12.8 Å². The molecule has 10 heteroatoms. The van der Waals surface area contributed by atoms with E-state index in [-0.39, 0.29) is 17.7 Å². The molecule has 0 aliphatic carbocycles. The number of amidine groups is 1. The van der Waals surface area contributed by atoms with Crippen molar-refractivity contribution in [1.82, 2.24) is 9.88 Å². The minimum atomic E-state index is -3.35. The van der Waals surface area contributed by atoms with Crippen LogP contribution in [0.15, 0.2) is 59.1 Å². The van der Waals surface area contributed by atoms with Crippen molar-refractivity contribution in [3.63, 3.8) is 0 Å². The second-order valence-electron chi connectivity index (χ2n) is 8.22. The van der Waals surface area contributed by atoms with E-state index in [4.69, 9.17) is 10.5 Å². The van der Waals surface area contributed by atoms with E-state index in [1.54, 1.807) is 30.5 Å². The molecule has 2 aromatic carbocycles. The topological polar surface area (TPSA) is 133 Å². The Bertz CT molecular complexity index is 1240. The number of nitrogens with one attached hydrogen (secondary N) is 1. The van der Waals surface area contributed by atoms with Crippen LogP contribution >= 0.6 is 11.0 Å². The van der Waals surface area contributed by atoms with Gasteiger partial charge in [0.25, 0.3) is 5.91 Å². The van der Waals surface area contributed by atoms with Crippen molar-refractivity contribution in [2.75, 3.05) is 24.4 Å². The molecule has 1 aromatic heterocycles. The van der Waals surface area contributed by atoms with E-state index < -0.39 is 11.0 Å². The van der Waals surface area contributed by atoms with Gasteiger partial charge < -0.3 is 15.4 Å². The number of fused-ring (bicyclic) bond motifs is 2. The van der Waals surface area contributed by atoms with Crippen LogP contribution in [-0.4, -0.2) is 50.4 Å². The number of piperidine rings is 1. The van der Waals surface area contributed by atoms with Crippen LogP contribution in [0.2, 0.25) is 0 Å². The predicted octanol–water partition coefficient (Wildman–Crippen LogP) is 3.88. The summed E-state index contributed by atoms with van der Waals surface area (Å²) in [4.78, 5) is 19.5. The molecule has 5 N–H and O–H groups in total. The van der Waals surface area contributed by atoms with Crippen LogP contribution in [0.5, 0.6) is 5.75 Å². The summed E-state index contributed by atoms with van der Waals surface area (Å²) in [5.74, 6) is 0.687. The number of nitrogens with two attached hydrogens (primary N) is 1. The summed E-state index contributed by atoms with van der Waals surface area (Å²) in [6, 6.07) is 14.6. The van der Waals surface area contributed by atoms with Crippen LogP contribution in [0.1, 0.15) is 28.8 Å². The van der Waals surface area contributed by atoms with Gasteiger partial charge in [0, 0.05) is 30.6 Å². The number of amides is 1. The number of ether oxygens (including phenoxy) is 1. The molecule has 3 heterocycles. The van der Waals surface area contributed by atoms with Gasteiger partial charge in [0.2, 0.25) is 0 Å². The molecule has 0 bridgehead atoms. The monoisotopic (exact) mass is 467 g/mol. The van der Waals surface area contributed by atoms with Crippen molar-refractivity contribution in [1.29, 1.82) is 0 Å². The summed E-state index contributed by atoms with van der Waals surface area (Å²) >= 11 is 0. The zero-order chi connectivity index (χ0) is 23.0. The number of para-hydroxylation sites is 1. The van der Waals surface area contributed by atoms with Crippen molar-refractivity contribution in [2.24, 2.45) is 16.0 Å². The quantitative estimate of drug-likeness (QED) is 0.458. The lowest BCUT2D eigenvalue weighted by Gasteiger charge is -2.34. The van der Waals surface area contributed by atoms with Gasteiger partial charge in [0.05, 0.1) is 28.9 Å². The number of aromatic nitrogens is 1. The number of rotatable bonds is 4. The van der Waals surface area contributed by atoms with E-state index in [2.05, 4.69) is 14.1 Å². The second-order valence-corrected chi connectivity index (χ2v) is 9.65. The maximum absolute atomic E-state index is 13.3. The van der Waals surface area contributed by atoms with Crippen LogP contribution < -0.4 is 15.2 Å². The molecule has 0 radical (unpaired) electrons. The van der Waals surface area contributed by atoms with Gasteiger partial charge in [-0.15, -0.1) is 4.40 Å². The highest BCUT2D eigenvalue weighted by molar-refractivity contribution is 8.24. The van der Waals surface area contributed by atoms with E-state index in [0.29, 0.717) is 42.3 Å². The van der Waals surface area contributed by atoms with E-state index >= 15 is 0 Å². The van der Waals surface area contributed by atoms with Gasteiger partial charge in [-0.2, -0.15) is 0 Å². The summed E-state index contributed by atoms with van der Waals surface area (Å²) in [7, 11) is -3.35. The van der Waals surface area contributed by atoms with E-state index in [9.17, 15) is 13.9 Å². The molecule has 5 rings (SSSR count). The van der Waals surface area contributed by atoms with Crippen LogP contribution in [0.25, 0.3) is 10.9 Å². The number of carbonyl (C=O) groups excluding carboxylic acids is 1. The number of nitrogens with zero attached hydrogens (tertiary/aromatic N) is 3. The fourth-order valence-electron chi connectivity index (χ4n) is 4.40. The third kappa shape index (κ3) is 4.32. The van der Waals surface area contributed by atoms with E-state index in [0.717, 1.165) is 23.7 Å². The lowest BCUT2D eigenvalue weighted by molar-refractivity contribution is 0.0635. The Hall–Kier alpha value is -3.34. The van der Waals surface area contributed by atoms with Crippen molar-refractivity contribution in [3.05, 3.63) is 65.9 Å². The fraction of sp³-hybridized carbons (Fsp3) is 0.261. The number of hydrogen-bond acceptors (Lipinski definition) is 8. The highest BCUT2D eigenvalue weighted by Gasteiger charge is 2.28. The number of pyridine rings is 1. The lowest BCUT2D eigenvalue weighted by atomic mass is 9.97. The largest absolute Gasteiger partial charge is 0.492 e. The van der Waals surface area contributed by atoms with E-state index in [1.165, 1.54) is 0 Å². The van der Waals surface area contributed by atoms with Crippen LogP contribution in [0.3, 0.4) is 0 Å². The Labute approximate surface area is 192 Å². The summed E-state index contributed by atoms with van der Waals surface area (Å²) < 4.78 is 32.1. The zero-order valence-corrected chi connectivity index (χ0v) is 18.7.